The van der Waals surface area contributed by atoms with Crippen LogP contribution in [0.5, 0.6) is 5.75 Å². The fourth-order valence-electron chi connectivity index (χ4n) is 4.48. The van der Waals surface area contributed by atoms with Crippen LogP contribution in [0.2, 0.25) is 0 Å². The predicted molar refractivity (Wildman–Crippen MR) is 140 cm³/mol. The predicted octanol–water partition coefficient (Wildman–Crippen LogP) is 6.38. The number of benzene rings is 2. The van der Waals surface area contributed by atoms with Crippen LogP contribution in [0.1, 0.15) is 43.3 Å². The van der Waals surface area contributed by atoms with Gasteiger partial charge in [-0.3, -0.25) is 9.67 Å². The van der Waals surface area contributed by atoms with E-state index in [2.05, 4.69) is 36.2 Å². The molecule has 0 amide bonds. The summed E-state index contributed by atoms with van der Waals surface area (Å²) in [7, 11) is 1.88. The van der Waals surface area contributed by atoms with E-state index >= 15 is 4.39 Å². The lowest BCUT2D eigenvalue weighted by atomic mass is 9.97. The van der Waals surface area contributed by atoms with Crippen molar-refractivity contribution in [2.75, 3.05) is 13.7 Å². The molecule has 0 spiro atoms. The number of rotatable bonds is 8. The van der Waals surface area contributed by atoms with Gasteiger partial charge in [-0.25, -0.2) is 4.39 Å². The Morgan fingerprint density at radius 3 is 2.56 bits per heavy atom. The third kappa shape index (κ3) is 5.41. The van der Waals surface area contributed by atoms with E-state index in [1.807, 2.05) is 49.8 Å². The van der Waals surface area contributed by atoms with Gasteiger partial charge in [0.2, 0.25) is 5.82 Å². The van der Waals surface area contributed by atoms with Gasteiger partial charge in [0.05, 0.1) is 17.8 Å². The lowest BCUT2D eigenvalue weighted by Crippen LogP contribution is -2.20. The van der Waals surface area contributed by atoms with Gasteiger partial charge in [-0.1, -0.05) is 26.8 Å². The first-order valence-corrected chi connectivity index (χ1v) is 12.3. The van der Waals surface area contributed by atoms with Crippen molar-refractivity contribution in [3.8, 4) is 16.9 Å². The number of aryl methyl sites for hydroxylation is 1. The molecule has 0 fully saturated rings. The van der Waals surface area contributed by atoms with E-state index in [4.69, 9.17) is 4.74 Å². The van der Waals surface area contributed by atoms with Crippen molar-refractivity contribution in [1.82, 2.24) is 20.1 Å². The van der Waals surface area contributed by atoms with Gasteiger partial charge in [-0.05, 0) is 73.3 Å². The van der Waals surface area contributed by atoms with Crippen LogP contribution in [-0.2, 0) is 19.5 Å². The quantitative estimate of drug-likeness (QED) is 0.310. The molecule has 0 saturated carbocycles. The molecule has 4 rings (SSSR count). The average Bonchev–Trinajstić information content (AvgIpc) is 3.08. The SMILES string of the molecule is CNCc1ccnc2ccc(-c3ccc(F)c(F)c3OCCc3c(C)c(C)nn3CC(C)(C)C)cc12. The van der Waals surface area contributed by atoms with E-state index in [0.29, 0.717) is 18.5 Å². The molecule has 0 atom stereocenters. The molecule has 4 aromatic rings. The zero-order valence-electron chi connectivity index (χ0n) is 21.9. The second kappa shape index (κ2) is 10.3. The van der Waals surface area contributed by atoms with E-state index in [9.17, 15) is 4.39 Å². The molecular formula is C29H34F2N4O. The first kappa shape index (κ1) is 25.8. The zero-order valence-corrected chi connectivity index (χ0v) is 21.9. The minimum Gasteiger partial charge on any atom is -0.489 e. The third-order valence-electron chi connectivity index (χ3n) is 6.33. The highest BCUT2D eigenvalue weighted by molar-refractivity contribution is 5.88. The van der Waals surface area contributed by atoms with Crippen molar-refractivity contribution in [3.05, 3.63) is 76.7 Å². The summed E-state index contributed by atoms with van der Waals surface area (Å²) in [4.78, 5) is 4.44. The lowest BCUT2D eigenvalue weighted by Gasteiger charge is -2.20. The molecule has 0 radical (unpaired) electrons. The van der Waals surface area contributed by atoms with Crippen LogP contribution in [0.4, 0.5) is 8.78 Å². The molecule has 0 aliphatic heterocycles. The number of hydrogen-bond donors (Lipinski definition) is 1. The smallest absolute Gasteiger partial charge is 0.201 e. The molecular weight excluding hydrogens is 458 g/mol. The van der Waals surface area contributed by atoms with Crippen molar-refractivity contribution >= 4 is 10.9 Å². The van der Waals surface area contributed by atoms with Crippen LogP contribution in [0.3, 0.4) is 0 Å². The Balaban J connectivity index is 1.66. The van der Waals surface area contributed by atoms with E-state index in [1.165, 1.54) is 0 Å². The Kier molecular flexibility index (Phi) is 7.41. The second-order valence-electron chi connectivity index (χ2n) is 10.4. The van der Waals surface area contributed by atoms with Crippen molar-refractivity contribution in [1.29, 1.82) is 0 Å². The highest BCUT2D eigenvalue weighted by Gasteiger charge is 2.20. The summed E-state index contributed by atoms with van der Waals surface area (Å²) in [6.45, 7) is 12.1. The minimum atomic E-state index is -0.981. The first-order valence-electron chi connectivity index (χ1n) is 12.3. The van der Waals surface area contributed by atoms with Gasteiger partial charge < -0.3 is 10.1 Å². The summed E-state index contributed by atoms with van der Waals surface area (Å²) in [5.74, 6) is -1.99. The van der Waals surface area contributed by atoms with Crippen LogP contribution in [0.15, 0.2) is 42.6 Å². The topological polar surface area (TPSA) is 52.0 Å². The fraction of sp³-hybridized carbons (Fsp3) is 0.379. The van der Waals surface area contributed by atoms with Crippen LogP contribution in [0, 0.1) is 30.9 Å². The van der Waals surface area contributed by atoms with Gasteiger partial charge in [0.25, 0.3) is 0 Å². The van der Waals surface area contributed by atoms with Gasteiger partial charge in [-0.15, -0.1) is 0 Å². The van der Waals surface area contributed by atoms with Crippen molar-refractivity contribution in [2.24, 2.45) is 5.41 Å². The maximum Gasteiger partial charge on any atom is 0.201 e. The number of aromatic nitrogens is 3. The number of fused-ring (bicyclic) bond motifs is 1. The number of ether oxygens (including phenoxy) is 1. The highest BCUT2D eigenvalue weighted by atomic mass is 19.2. The molecule has 2 heterocycles. The Labute approximate surface area is 211 Å². The highest BCUT2D eigenvalue weighted by Crippen LogP contribution is 2.36. The summed E-state index contributed by atoms with van der Waals surface area (Å²) in [6.07, 6.45) is 2.31. The average molecular weight is 493 g/mol. The molecule has 190 valence electrons. The van der Waals surface area contributed by atoms with Crippen molar-refractivity contribution < 1.29 is 13.5 Å². The number of halogens is 2. The van der Waals surface area contributed by atoms with Gasteiger partial charge in [0.15, 0.2) is 11.6 Å². The van der Waals surface area contributed by atoms with Crippen LogP contribution < -0.4 is 10.1 Å². The molecule has 5 nitrogen and oxygen atoms in total. The van der Waals surface area contributed by atoms with Gasteiger partial charge in [0, 0.05) is 42.4 Å². The van der Waals surface area contributed by atoms with Gasteiger partial charge >= 0.3 is 0 Å². The first-order chi connectivity index (χ1) is 17.1. The summed E-state index contributed by atoms with van der Waals surface area (Å²) in [5, 5.41) is 8.80. The summed E-state index contributed by atoms with van der Waals surface area (Å²) in [6, 6.07) is 10.4. The Hall–Kier alpha value is -3.32. The molecule has 0 unspecified atom stereocenters. The Bertz CT molecular complexity index is 1390. The molecule has 0 bridgehead atoms. The maximum absolute atomic E-state index is 15.0. The molecule has 1 N–H and O–H groups in total. The maximum atomic E-state index is 15.0. The monoisotopic (exact) mass is 492 g/mol. The number of hydrogen-bond acceptors (Lipinski definition) is 4. The summed E-state index contributed by atoms with van der Waals surface area (Å²) in [5.41, 5.74) is 6.34. The van der Waals surface area contributed by atoms with E-state index in [0.717, 1.165) is 51.6 Å². The third-order valence-corrected chi connectivity index (χ3v) is 6.33. The van der Waals surface area contributed by atoms with E-state index in [1.54, 1.807) is 12.3 Å². The molecule has 0 aliphatic carbocycles. The number of nitrogens with zero attached hydrogens (tertiary/aromatic N) is 3. The zero-order chi connectivity index (χ0) is 26.0. The molecule has 7 heteroatoms. The largest absolute Gasteiger partial charge is 0.489 e. The normalized spacial score (nSPS) is 11.9. The Morgan fingerprint density at radius 2 is 1.83 bits per heavy atom. The minimum absolute atomic E-state index is 0.0550. The van der Waals surface area contributed by atoms with Crippen LogP contribution >= 0.6 is 0 Å². The number of nitrogens with one attached hydrogen (secondary N) is 1. The van der Waals surface area contributed by atoms with Gasteiger partial charge in [-0.2, -0.15) is 9.49 Å². The second-order valence-corrected chi connectivity index (χ2v) is 10.4. The van der Waals surface area contributed by atoms with Gasteiger partial charge in [0.1, 0.15) is 0 Å². The number of pyridine rings is 1. The molecule has 36 heavy (non-hydrogen) atoms. The molecule has 0 aliphatic rings. The Morgan fingerprint density at radius 1 is 1.06 bits per heavy atom. The molecule has 0 saturated heterocycles. The van der Waals surface area contributed by atoms with E-state index < -0.39 is 11.6 Å². The standard InChI is InChI=1S/C29H34F2N4O/c1-18-19(2)34-35(17-29(3,4)5)26(18)12-14-36-28-22(8-9-24(30)27(28)31)20-7-10-25-23(15-20)21(16-32-6)11-13-33-25/h7-11,13,15,32H,12,14,16-17H2,1-6H3. The van der Waals surface area contributed by atoms with Crippen LogP contribution in [-0.4, -0.2) is 28.4 Å². The van der Waals surface area contributed by atoms with E-state index in [-0.39, 0.29) is 17.8 Å². The molecule has 2 aromatic heterocycles. The summed E-state index contributed by atoms with van der Waals surface area (Å²) < 4.78 is 37.3. The molecule has 2 aromatic carbocycles. The summed E-state index contributed by atoms with van der Waals surface area (Å²) >= 11 is 0. The van der Waals surface area contributed by atoms with Crippen molar-refractivity contribution in [2.45, 2.75) is 54.1 Å². The van der Waals surface area contributed by atoms with Crippen molar-refractivity contribution in [3.63, 3.8) is 0 Å². The fourth-order valence-corrected chi connectivity index (χ4v) is 4.48. The lowest BCUT2D eigenvalue weighted by molar-refractivity contribution is 0.286. The van der Waals surface area contributed by atoms with Crippen LogP contribution in [0.25, 0.3) is 22.0 Å².